The van der Waals surface area contributed by atoms with E-state index in [0.717, 1.165) is 0 Å². The molecule has 2 rings (SSSR count). The average molecular weight is 254 g/mol. The second-order valence-electron chi connectivity index (χ2n) is 4.13. The second-order valence-corrected chi connectivity index (χ2v) is 4.13. The van der Waals surface area contributed by atoms with Gasteiger partial charge < -0.3 is 5.11 Å². The van der Waals surface area contributed by atoms with Crippen molar-refractivity contribution >= 4 is 5.78 Å². The van der Waals surface area contributed by atoms with Crippen LogP contribution in [-0.4, -0.2) is 10.9 Å². The molecule has 0 unspecified atom stereocenters. The van der Waals surface area contributed by atoms with E-state index in [9.17, 15) is 4.79 Å². The van der Waals surface area contributed by atoms with Crippen LogP contribution in [-0.2, 0) is 4.79 Å². The van der Waals surface area contributed by atoms with Gasteiger partial charge in [0.25, 0.3) is 0 Å². The van der Waals surface area contributed by atoms with E-state index in [1.54, 1.807) is 0 Å². The van der Waals surface area contributed by atoms with Gasteiger partial charge in [-0.2, -0.15) is 0 Å². The van der Waals surface area contributed by atoms with E-state index in [0.29, 0.717) is 0 Å². The molecule has 2 nitrogen and oxygen atoms in total. The Morgan fingerprint density at radius 2 is 1.21 bits per heavy atom. The molecule has 0 saturated carbocycles. The van der Waals surface area contributed by atoms with Crippen LogP contribution >= 0.6 is 0 Å². The zero-order valence-electron chi connectivity index (χ0n) is 11.2. The van der Waals surface area contributed by atoms with Crippen LogP contribution in [0.5, 0.6) is 0 Å². The topological polar surface area (TPSA) is 37.3 Å². The molecule has 2 aromatic carbocycles. The van der Waals surface area contributed by atoms with Gasteiger partial charge in [0.2, 0.25) is 0 Å². The lowest BCUT2D eigenvalue weighted by Crippen LogP contribution is -1.82. The van der Waals surface area contributed by atoms with Crippen LogP contribution in [0, 0.1) is 0 Å². The highest BCUT2D eigenvalue weighted by Crippen LogP contribution is 2.17. The van der Waals surface area contributed by atoms with Crippen molar-refractivity contribution in [2.24, 2.45) is 0 Å². The van der Waals surface area contributed by atoms with Crippen molar-refractivity contribution < 1.29 is 9.90 Å². The minimum Gasteiger partial charge on any atom is -0.512 e. The summed E-state index contributed by atoms with van der Waals surface area (Å²) in [4.78, 5) is 10.0. The number of benzene rings is 2. The Labute approximate surface area is 114 Å². The molecule has 2 heteroatoms. The first kappa shape index (κ1) is 14.7. The van der Waals surface area contributed by atoms with Gasteiger partial charge in [-0.1, -0.05) is 60.7 Å². The molecule has 0 amide bonds. The maximum atomic E-state index is 10.0. The highest BCUT2D eigenvalue weighted by Gasteiger charge is 1.91. The Morgan fingerprint density at radius 1 is 0.842 bits per heavy atom. The molecule has 0 radical (unpaired) electrons. The summed E-state index contributed by atoms with van der Waals surface area (Å²) in [7, 11) is 0. The van der Waals surface area contributed by atoms with E-state index in [1.807, 2.05) is 12.1 Å². The number of rotatable bonds is 2. The molecule has 0 aliphatic carbocycles. The van der Waals surface area contributed by atoms with Crippen molar-refractivity contribution in [3.63, 3.8) is 0 Å². The fraction of sp³-hybridized carbons (Fsp3) is 0.118. The number of hydrogen-bond acceptors (Lipinski definition) is 2. The lowest BCUT2D eigenvalue weighted by molar-refractivity contribution is -0.112. The van der Waals surface area contributed by atoms with E-state index >= 15 is 0 Å². The number of carbonyl (C=O) groups is 1. The summed E-state index contributed by atoms with van der Waals surface area (Å²) in [6, 6.07) is 20.8. The summed E-state index contributed by atoms with van der Waals surface area (Å²) in [5.41, 5.74) is 2.55. The third-order valence-electron chi connectivity index (χ3n) is 2.29. The second kappa shape index (κ2) is 7.88. The van der Waals surface area contributed by atoms with Gasteiger partial charge in [0.05, 0.1) is 5.76 Å². The number of ketones is 1. The molecule has 0 aliphatic heterocycles. The Balaban J connectivity index is 0.000000224. The molecule has 0 heterocycles. The van der Waals surface area contributed by atoms with Crippen LogP contribution in [0.3, 0.4) is 0 Å². The Morgan fingerprint density at radius 3 is 1.42 bits per heavy atom. The minimum atomic E-state index is -0.125. The summed E-state index contributed by atoms with van der Waals surface area (Å²) in [6.07, 6.45) is 1.17. The third-order valence-corrected chi connectivity index (χ3v) is 2.29. The number of aliphatic hydroxyl groups excluding tert-OH is 1. The maximum Gasteiger partial charge on any atom is 0.155 e. The van der Waals surface area contributed by atoms with Gasteiger partial charge in [-0.05, 0) is 25.0 Å². The molecule has 98 valence electrons. The van der Waals surface area contributed by atoms with Crippen molar-refractivity contribution in [1.82, 2.24) is 0 Å². The molecule has 2 aromatic rings. The molecule has 1 N–H and O–H groups in total. The first-order valence-electron chi connectivity index (χ1n) is 6.08. The largest absolute Gasteiger partial charge is 0.512 e. The predicted molar refractivity (Wildman–Crippen MR) is 78.9 cm³/mol. The lowest BCUT2D eigenvalue weighted by Gasteiger charge is -1.98. The van der Waals surface area contributed by atoms with Gasteiger partial charge >= 0.3 is 0 Å². The number of aliphatic hydroxyl groups is 1. The smallest absolute Gasteiger partial charge is 0.155 e. The Bertz CT molecular complexity index is 486. The molecule has 0 aromatic heterocycles. The molecule has 0 atom stereocenters. The van der Waals surface area contributed by atoms with Gasteiger partial charge in [-0.15, -0.1) is 0 Å². The van der Waals surface area contributed by atoms with Crippen molar-refractivity contribution in [2.45, 2.75) is 13.8 Å². The lowest BCUT2D eigenvalue weighted by atomic mass is 10.1. The molecule has 19 heavy (non-hydrogen) atoms. The zero-order chi connectivity index (χ0) is 14.1. The minimum absolute atomic E-state index is 0.0625. The summed E-state index contributed by atoms with van der Waals surface area (Å²) in [5.74, 6) is -0.0625. The van der Waals surface area contributed by atoms with Crippen LogP contribution in [0.15, 0.2) is 72.5 Å². The van der Waals surface area contributed by atoms with E-state index in [2.05, 4.69) is 48.5 Å². The normalized spacial score (nSPS) is 10.3. The summed E-state index contributed by atoms with van der Waals surface area (Å²) in [6.45, 7) is 2.85. The summed E-state index contributed by atoms with van der Waals surface area (Å²) >= 11 is 0. The van der Waals surface area contributed by atoms with Crippen LogP contribution in [0.1, 0.15) is 13.8 Å². The maximum absolute atomic E-state index is 10.0. The fourth-order valence-electron chi connectivity index (χ4n) is 1.56. The van der Waals surface area contributed by atoms with Crippen molar-refractivity contribution in [1.29, 1.82) is 0 Å². The molecular weight excluding hydrogens is 236 g/mol. The third kappa shape index (κ3) is 6.22. The van der Waals surface area contributed by atoms with Crippen LogP contribution < -0.4 is 0 Å². The van der Waals surface area contributed by atoms with Crippen LogP contribution in [0.2, 0.25) is 0 Å². The summed E-state index contributed by atoms with van der Waals surface area (Å²) < 4.78 is 0. The van der Waals surface area contributed by atoms with Gasteiger partial charge in [-0.3, -0.25) is 4.79 Å². The first-order chi connectivity index (χ1) is 9.09. The first-order valence-corrected chi connectivity index (χ1v) is 6.08. The summed E-state index contributed by atoms with van der Waals surface area (Å²) in [5, 5.41) is 8.36. The van der Waals surface area contributed by atoms with Gasteiger partial charge in [0.1, 0.15) is 0 Å². The quantitative estimate of drug-likeness (QED) is 0.637. The van der Waals surface area contributed by atoms with Crippen molar-refractivity contribution in [3.05, 3.63) is 72.5 Å². The predicted octanol–water partition coefficient (Wildman–Crippen LogP) is 4.39. The van der Waals surface area contributed by atoms with E-state index in [-0.39, 0.29) is 11.5 Å². The molecule has 0 spiro atoms. The molecule has 0 aliphatic rings. The van der Waals surface area contributed by atoms with E-state index < -0.39 is 0 Å². The van der Waals surface area contributed by atoms with Crippen molar-refractivity contribution in [2.75, 3.05) is 0 Å². The SMILES string of the molecule is CC(=O)/C=C(/C)O.c1ccc(-c2ccccc2)cc1. The Hall–Kier alpha value is -2.35. The van der Waals surface area contributed by atoms with Gasteiger partial charge in [0, 0.05) is 6.08 Å². The van der Waals surface area contributed by atoms with Crippen molar-refractivity contribution in [3.8, 4) is 11.1 Å². The monoisotopic (exact) mass is 254 g/mol. The highest BCUT2D eigenvalue weighted by atomic mass is 16.3. The number of carbonyl (C=O) groups excluding carboxylic acids is 1. The number of allylic oxidation sites excluding steroid dienone is 2. The molecular formula is C17H18O2. The van der Waals surface area contributed by atoms with E-state index in [4.69, 9.17) is 5.11 Å². The fourth-order valence-corrected chi connectivity index (χ4v) is 1.56. The standard InChI is InChI=1S/C12H10.C5H8O2/c1-3-7-11(8-4-1)12-9-5-2-6-10-12;1-4(6)3-5(2)7/h1-10H;3,6H,1-2H3/b;4-3-. The van der Waals surface area contributed by atoms with Crippen LogP contribution in [0.4, 0.5) is 0 Å². The van der Waals surface area contributed by atoms with E-state index in [1.165, 1.54) is 31.1 Å². The molecule has 0 fully saturated rings. The number of hydrogen-bond donors (Lipinski definition) is 1. The van der Waals surface area contributed by atoms with Gasteiger partial charge in [-0.25, -0.2) is 0 Å². The van der Waals surface area contributed by atoms with Gasteiger partial charge in [0.15, 0.2) is 5.78 Å². The molecule has 0 saturated heterocycles. The average Bonchev–Trinajstić information content (AvgIpc) is 2.40. The zero-order valence-corrected chi connectivity index (χ0v) is 11.2. The molecule has 0 bridgehead atoms. The highest BCUT2D eigenvalue weighted by molar-refractivity contribution is 5.87. The Kier molecular flexibility index (Phi) is 6.10. The van der Waals surface area contributed by atoms with Crippen LogP contribution in [0.25, 0.3) is 11.1 Å².